The predicted molar refractivity (Wildman–Crippen MR) is 184 cm³/mol. The Bertz CT molecular complexity index is 1730. The minimum atomic E-state index is -6.44. The average molecular weight is 915 g/mol. The molecule has 0 aliphatic carbocycles. The fourth-order valence-electron chi connectivity index (χ4n) is 4.61. The summed E-state index contributed by atoms with van der Waals surface area (Å²) in [6, 6.07) is 0. The second-order valence-electron chi connectivity index (χ2n) is 11.5. The first-order valence-electron chi connectivity index (χ1n) is 15.9. The number of phosphoric ester groups is 2. The molecule has 2 rings (SSSR count). The van der Waals surface area contributed by atoms with Gasteiger partial charge in [0.05, 0.1) is 19.3 Å². The maximum atomic E-state index is 12.3. The third kappa shape index (κ3) is 19.9. The molecule has 0 aromatic rings. The van der Waals surface area contributed by atoms with Crippen LogP contribution in [-0.4, -0.2) is 83.5 Å². The van der Waals surface area contributed by atoms with Gasteiger partial charge in [-0.3, -0.25) is 13.8 Å². The number of carbonyl (C=O) groups excluding carboxylic acids is 1. The summed E-state index contributed by atoms with van der Waals surface area (Å²) in [5.41, 5.74) is 8.46. The van der Waals surface area contributed by atoms with Crippen molar-refractivity contribution in [3.8, 4) is 0 Å². The molecule has 2 aliphatic heterocycles. The van der Waals surface area contributed by atoms with E-state index < -0.39 is 84.5 Å². The summed E-state index contributed by atoms with van der Waals surface area (Å²) in [6.07, 6.45) is 4.22. The lowest BCUT2D eigenvalue weighted by Gasteiger charge is -2.32. The quantitative estimate of drug-likeness (QED) is 0.0180. The molecule has 8 N–H and O–H groups in total. The van der Waals surface area contributed by atoms with Crippen LogP contribution in [-0.2, 0) is 67.5 Å². The van der Waals surface area contributed by atoms with Crippen LogP contribution in [0.5, 0.6) is 0 Å². The van der Waals surface area contributed by atoms with E-state index in [1.165, 1.54) is 18.0 Å². The first-order chi connectivity index (χ1) is 25.3. The summed E-state index contributed by atoms with van der Waals surface area (Å²) >= 11 is 0. The summed E-state index contributed by atoms with van der Waals surface area (Å²) < 4.78 is 106. The van der Waals surface area contributed by atoms with Crippen LogP contribution in [0.3, 0.4) is 0 Å². The van der Waals surface area contributed by atoms with Crippen LogP contribution in [0.1, 0.15) is 71.1 Å². The zero-order chi connectivity index (χ0) is 41.7. The van der Waals surface area contributed by atoms with Gasteiger partial charge in [-0.2, -0.15) is 21.6 Å². The van der Waals surface area contributed by atoms with Crippen LogP contribution < -0.4 is 5.32 Å². The Hall–Kier alpha value is -1.16. The topological polar surface area (TPSA) is 399 Å². The number of hydrogen-bond donors (Lipinski definition) is 8. The Morgan fingerprint density at radius 3 is 1.73 bits per heavy atom. The lowest BCUT2D eigenvalue weighted by atomic mass is 10.1. The lowest BCUT2D eigenvalue weighted by molar-refractivity contribution is -0.118. The number of unbranched alkanes of at least 4 members (excludes halogenated alkanes) is 8. The highest BCUT2D eigenvalue weighted by atomic mass is 31.3. The van der Waals surface area contributed by atoms with E-state index in [1.807, 2.05) is 0 Å². The van der Waals surface area contributed by atoms with Crippen LogP contribution in [0.2, 0.25) is 0 Å². The number of amides is 1. The summed E-state index contributed by atoms with van der Waals surface area (Å²) in [5, 5.41) is 16.2. The fourth-order valence-corrected chi connectivity index (χ4v) is 12.4. The Morgan fingerprint density at radius 2 is 1.24 bits per heavy atom. The van der Waals surface area contributed by atoms with Crippen LogP contribution in [0, 0.1) is 0 Å². The molecule has 0 aromatic carbocycles. The van der Waals surface area contributed by atoms with Gasteiger partial charge in [0.15, 0.2) is 0 Å². The maximum Gasteiger partial charge on any atom is 0.490 e. The Labute approximate surface area is 313 Å². The molecule has 9 atom stereocenters. The van der Waals surface area contributed by atoms with E-state index in [2.05, 4.69) is 52.5 Å². The Balaban J connectivity index is 1.79. The number of aliphatic hydroxyl groups excluding tert-OH is 1. The highest BCUT2D eigenvalue weighted by Crippen LogP contribution is 2.75. The highest BCUT2D eigenvalue weighted by Gasteiger charge is 2.50. The number of rotatable bonds is 27. The number of ether oxygens (including phenoxy) is 1. The monoisotopic (exact) mass is 915 g/mol. The van der Waals surface area contributed by atoms with Gasteiger partial charge < -0.3 is 49.4 Å². The molecule has 2 aliphatic rings. The molecule has 33 heteroatoms. The Morgan fingerprint density at radius 1 is 0.800 bits per heavy atom. The molecule has 0 bridgehead atoms. The largest absolute Gasteiger partial charge is 0.490 e. The normalized spacial score (nSPS) is 25.6. The fraction of sp³-hybridized carbons (Fsp3) is 0.773. The first-order valence-corrected chi connectivity index (χ1v) is 24.9. The molecule has 0 radical (unpaired) electrons. The van der Waals surface area contributed by atoms with Gasteiger partial charge >= 0.3 is 46.9 Å². The molecule has 1 saturated heterocycles. The average Bonchev–Trinajstić information content (AvgIpc) is 3.37. The molecule has 1 amide bonds. The van der Waals surface area contributed by atoms with Gasteiger partial charge in [0.2, 0.25) is 0 Å². The summed E-state index contributed by atoms with van der Waals surface area (Å²) in [7, 11) is -36.5. The summed E-state index contributed by atoms with van der Waals surface area (Å²) in [5.74, 6) is -0.377. The van der Waals surface area contributed by atoms with E-state index >= 15 is 0 Å². The molecule has 6 unspecified atom stereocenters. The minimum absolute atomic E-state index is 0.0714. The standard InChI is InChI=1S/C22H43N5O22P6/c1-17-15-27(18(2)25-22(17)29)21-14-19(28)20(44-21)16-43-51(32,33)46-53(36,37)48-55(40,41)49-54(38,39)47-52(34,35)45-50(30,31)42-13-11-9-7-5-3-4-6-8-10-12-24-26-23/h15,19-21,28H,2-14,16H2,1H3,(H,25,29)(H,30,31)(H,32,33)(H,34,35)(H,36,37)(H,38,39)(H,40,41)/t19-,20-,21-/m1/s1. The molecule has 55 heavy (non-hydrogen) atoms. The second kappa shape index (κ2) is 21.7. The molecule has 2 heterocycles. The predicted octanol–water partition coefficient (Wildman–Crippen LogP) is 4.81. The van der Waals surface area contributed by atoms with Gasteiger partial charge in [-0.15, -0.1) is 0 Å². The number of nitrogens with zero attached hydrogens (tertiary/aromatic N) is 4. The van der Waals surface area contributed by atoms with Crippen molar-refractivity contribution in [3.63, 3.8) is 0 Å². The first kappa shape index (κ1) is 50.0. The zero-order valence-electron chi connectivity index (χ0n) is 28.9. The number of hydrogen-bond acceptors (Lipinski definition) is 18. The zero-order valence-corrected chi connectivity index (χ0v) is 34.3. The van der Waals surface area contributed by atoms with Crippen molar-refractivity contribution in [2.24, 2.45) is 5.11 Å². The Kier molecular flexibility index (Phi) is 19.7. The summed E-state index contributed by atoms with van der Waals surface area (Å²) in [6.45, 7) is 4.05. The number of carbonyl (C=O) groups is 1. The van der Waals surface area contributed by atoms with E-state index in [1.54, 1.807) is 0 Å². The van der Waals surface area contributed by atoms with Crippen molar-refractivity contribution in [1.29, 1.82) is 0 Å². The summed E-state index contributed by atoms with van der Waals surface area (Å²) in [4.78, 5) is 74.0. The molecule has 0 spiro atoms. The van der Waals surface area contributed by atoms with E-state index in [0.29, 0.717) is 19.4 Å². The third-order valence-electron chi connectivity index (χ3n) is 6.93. The number of azide groups is 1. The van der Waals surface area contributed by atoms with E-state index in [4.69, 9.17) is 10.3 Å². The van der Waals surface area contributed by atoms with Gasteiger partial charge in [-0.1, -0.05) is 56.6 Å². The SMILES string of the molecule is C=C1NC(=O)C(C)=CN1[C@H]1C[C@@H](O)[C@@H](COP(=O)(O)OP(=O)(O)OP(=O)(O)OP(=O)(O)OP(=O)(O)OP(=O)(O)OCCCCCCCCCCCN=[N+]=[N-])O1. The van der Waals surface area contributed by atoms with E-state index in [9.17, 15) is 66.7 Å². The molecular formula is C22H43N5O22P6. The molecular weight excluding hydrogens is 872 g/mol. The van der Waals surface area contributed by atoms with Gasteiger partial charge in [-0.05, 0) is 25.3 Å². The van der Waals surface area contributed by atoms with E-state index in [-0.39, 0.29) is 24.2 Å². The number of aliphatic hydroxyl groups is 1. The molecule has 318 valence electrons. The third-order valence-corrected chi connectivity index (χ3v) is 16.2. The molecule has 0 aromatic heterocycles. The van der Waals surface area contributed by atoms with E-state index in [0.717, 1.165) is 38.5 Å². The number of nitrogens with one attached hydrogen (secondary N) is 1. The van der Waals surface area contributed by atoms with Gasteiger partial charge in [0.1, 0.15) is 18.2 Å². The van der Waals surface area contributed by atoms with Crippen LogP contribution in [0.15, 0.2) is 29.3 Å². The van der Waals surface area contributed by atoms with Crippen LogP contribution >= 0.6 is 46.9 Å². The maximum absolute atomic E-state index is 12.3. The van der Waals surface area contributed by atoms with Gasteiger partial charge in [0.25, 0.3) is 5.91 Å². The molecule has 1 fully saturated rings. The molecule has 0 saturated carbocycles. The minimum Gasteiger partial charge on any atom is -0.390 e. The lowest BCUT2D eigenvalue weighted by Crippen LogP contribution is -2.42. The van der Waals surface area contributed by atoms with Crippen molar-refractivity contribution in [1.82, 2.24) is 10.2 Å². The highest BCUT2D eigenvalue weighted by molar-refractivity contribution is 7.72. The van der Waals surface area contributed by atoms with Crippen molar-refractivity contribution in [2.75, 3.05) is 19.8 Å². The van der Waals surface area contributed by atoms with Crippen LogP contribution in [0.4, 0.5) is 0 Å². The van der Waals surface area contributed by atoms with Crippen molar-refractivity contribution < 1.29 is 102 Å². The smallest absolute Gasteiger partial charge is 0.390 e. The van der Waals surface area contributed by atoms with Crippen molar-refractivity contribution in [2.45, 2.75) is 89.6 Å². The molecule has 27 nitrogen and oxygen atoms in total. The second-order valence-corrected chi connectivity index (χ2v) is 20.9. The van der Waals surface area contributed by atoms with Crippen molar-refractivity contribution >= 4 is 52.8 Å². The van der Waals surface area contributed by atoms with Crippen LogP contribution in [0.25, 0.3) is 10.4 Å². The van der Waals surface area contributed by atoms with Gasteiger partial charge in [0, 0.05) is 29.7 Å². The van der Waals surface area contributed by atoms with Crippen molar-refractivity contribution in [3.05, 3.63) is 34.6 Å². The number of phosphoric acid groups is 6. The van der Waals surface area contributed by atoms with Gasteiger partial charge in [-0.25, -0.2) is 27.4 Å².